The molecule has 5 heterocycles. The van der Waals surface area contributed by atoms with E-state index in [1.807, 2.05) is 36.0 Å². The standard InChI is InChI=1S/C24H25N7O3/c1-4-17-10-16(7-8-33-17)31-22-18-9-14(19-12-26-30(3)28-19)5-6-20(18)34-23(22)21(27-24(31)32)15-11-25-29(2)13-15/h5-6,9,11-13,16-17H,4,7-8,10H2,1-3H3/t16-,17-/m0/s1. The van der Waals surface area contributed by atoms with E-state index in [2.05, 4.69) is 27.2 Å². The lowest BCUT2D eigenvalue weighted by atomic mass is 10.0. The van der Waals surface area contributed by atoms with Gasteiger partial charge in [0, 0.05) is 49.5 Å². The van der Waals surface area contributed by atoms with E-state index < -0.39 is 0 Å². The molecule has 0 unspecified atom stereocenters. The molecule has 4 aromatic heterocycles. The largest absolute Gasteiger partial charge is 0.452 e. The van der Waals surface area contributed by atoms with E-state index in [0.717, 1.165) is 47.0 Å². The van der Waals surface area contributed by atoms with Gasteiger partial charge in [-0.2, -0.15) is 25.1 Å². The summed E-state index contributed by atoms with van der Waals surface area (Å²) in [7, 11) is 3.62. The Balaban J connectivity index is 1.65. The lowest BCUT2D eigenvalue weighted by Gasteiger charge is -2.30. The first kappa shape index (κ1) is 20.8. The van der Waals surface area contributed by atoms with Crippen LogP contribution in [-0.2, 0) is 18.8 Å². The van der Waals surface area contributed by atoms with Gasteiger partial charge in [-0.05, 0) is 37.5 Å². The minimum absolute atomic E-state index is 0.0230. The van der Waals surface area contributed by atoms with E-state index in [1.165, 1.54) is 4.80 Å². The Labute approximate surface area is 194 Å². The van der Waals surface area contributed by atoms with Crippen LogP contribution in [0.25, 0.3) is 44.6 Å². The van der Waals surface area contributed by atoms with Crippen LogP contribution < -0.4 is 5.69 Å². The van der Waals surface area contributed by atoms with Crippen molar-refractivity contribution in [3.05, 3.63) is 47.3 Å². The fourth-order valence-electron chi connectivity index (χ4n) is 4.87. The number of hydrogen-bond donors (Lipinski definition) is 0. The summed E-state index contributed by atoms with van der Waals surface area (Å²) in [5.41, 5.74) is 4.63. The summed E-state index contributed by atoms with van der Waals surface area (Å²) < 4.78 is 15.7. The molecule has 0 amide bonds. The third-order valence-electron chi connectivity index (χ3n) is 6.57. The molecule has 0 bridgehead atoms. The Morgan fingerprint density at radius 2 is 2.03 bits per heavy atom. The SMILES string of the molecule is CC[C@H]1C[C@@H](n2c(=O)nc(-c3cnn(C)c3)c3oc4ccc(-c5cnn(C)n5)cc4c32)CCO1. The smallest absolute Gasteiger partial charge is 0.349 e. The van der Waals surface area contributed by atoms with Gasteiger partial charge in [0.25, 0.3) is 0 Å². The van der Waals surface area contributed by atoms with Gasteiger partial charge in [0.15, 0.2) is 5.58 Å². The van der Waals surface area contributed by atoms with Crippen LogP contribution in [0.5, 0.6) is 0 Å². The van der Waals surface area contributed by atoms with Gasteiger partial charge in [0.05, 0.1) is 18.5 Å². The molecule has 2 atom stereocenters. The summed E-state index contributed by atoms with van der Waals surface area (Å²) in [5.74, 6) is 0. The Hall–Kier alpha value is -3.79. The highest BCUT2D eigenvalue weighted by Gasteiger charge is 2.29. The molecule has 0 aliphatic carbocycles. The monoisotopic (exact) mass is 459 g/mol. The van der Waals surface area contributed by atoms with Crippen LogP contribution in [-0.4, -0.2) is 47.0 Å². The molecular formula is C24H25N7O3. The summed E-state index contributed by atoms with van der Waals surface area (Å²) in [5, 5.41) is 13.7. The summed E-state index contributed by atoms with van der Waals surface area (Å²) >= 11 is 0. The third-order valence-corrected chi connectivity index (χ3v) is 6.57. The van der Waals surface area contributed by atoms with Crippen molar-refractivity contribution in [1.29, 1.82) is 0 Å². The molecule has 0 radical (unpaired) electrons. The van der Waals surface area contributed by atoms with Crippen LogP contribution in [0.15, 0.2) is 46.0 Å². The van der Waals surface area contributed by atoms with Crippen molar-refractivity contribution < 1.29 is 9.15 Å². The molecule has 34 heavy (non-hydrogen) atoms. The molecule has 6 rings (SSSR count). The van der Waals surface area contributed by atoms with Crippen LogP contribution >= 0.6 is 0 Å². The summed E-state index contributed by atoms with van der Waals surface area (Å²) in [6.45, 7) is 2.72. The average Bonchev–Trinajstić information content (AvgIpc) is 3.57. The minimum Gasteiger partial charge on any atom is -0.452 e. The van der Waals surface area contributed by atoms with Gasteiger partial charge in [0.1, 0.15) is 22.5 Å². The van der Waals surface area contributed by atoms with Crippen molar-refractivity contribution in [3.8, 4) is 22.5 Å². The second kappa shape index (κ2) is 7.91. The number of rotatable bonds is 4. The highest BCUT2D eigenvalue weighted by atomic mass is 16.5. The highest BCUT2D eigenvalue weighted by Crippen LogP contribution is 2.38. The molecule has 0 saturated carbocycles. The van der Waals surface area contributed by atoms with Gasteiger partial charge in [-0.3, -0.25) is 9.25 Å². The molecule has 10 nitrogen and oxygen atoms in total. The average molecular weight is 460 g/mol. The van der Waals surface area contributed by atoms with Gasteiger partial charge in [-0.1, -0.05) is 6.92 Å². The molecule has 0 N–H and O–H groups in total. The highest BCUT2D eigenvalue weighted by molar-refractivity contribution is 6.07. The van der Waals surface area contributed by atoms with E-state index in [9.17, 15) is 4.79 Å². The van der Waals surface area contributed by atoms with Crippen molar-refractivity contribution >= 4 is 22.1 Å². The zero-order valence-corrected chi connectivity index (χ0v) is 19.3. The maximum atomic E-state index is 13.5. The van der Waals surface area contributed by atoms with Gasteiger partial charge in [-0.25, -0.2) is 4.79 Å². The number of aryl methyl sites for hydroxylation is 2. The molecule has 1 fully saturated rings. The van der Waals surface area contributed by atoms with Crippen molar-refractivity contribution in [3.63, 3.8) is 0 Å². The van der Waals surface area contributed by atoms with Crippen LogP contribution in [0.2, 0.25) is 0 Å². The van der Waals surface area contributed by atoms with Crippen molar-refractivity contribution in [2.75, 3.05) is 6.61 Å². The second-order valence-corrected chi connectivity index (χ2v) is 8.80. The van der Waals surface area contributed by atoms with Crippen LogP contribution in [0.1, 0.15) is 32.2 Å². The zero-order chi connectivity index (χ0) is 23.4. The van der Waals surface area contributed by atoms with Gasteiger partial charge in [0.2, 0.25) is 0 Å². The van der Waals surface area contributed by atoms with Crippen LogP contribution in [0.3, 0.4) is 0 Å². The molecule has 5 aromatic rings. The van der Waals surface area contributed by atoms with Crippen molar-refractivity contribution in [1.82, 2.24) is 34.3 Å². The van der Waals surface area contributed by atoms with E-state index in [1.54, 1.807) is 24.1 Å². The molecule has 0 spiro atoms. The summed E-state index contributed by atoms with van der Waals surface area (Å²) in [4.78, 5) is 19.6. The van der Waals surface area contributed by atoms with Gasteiger partial charge >= 0.3 is 5.69 Å². The number of nitrogens with zero attached hydrogens (tertiary/aromatic N) is 7. The van der Waals surface area contributed by atoms with E-state index >= 15 is 0 Å². The third kappa shape index (κ3) is 3.33. The zero-order valence-electron chi connectivity index (χ0n) is 19.3. The number of furan rings is 1. The quantitative estimate of drug-likeness (QED) is 0.405. The van der Waals surface area contributed by atoms with E-state index in [0.29, 0.717) is 23.5 Å². The normalized spacial score (nSPS) is 18.8. The number of hydrogen-bond acceptors (Lipinski definition) is 7. The topological polar surface area (TPSA) is 106 Å². The van der Waals surface area contributed by atoms with Crippen molar-refractivity contribution in [2.24, 2.45) is 14.1 Å². The van der Waals surface area contributed by atoms with Crippen molar-refractivity contribution in [2.45, 2.75) is 38.3 Å². The molecular weight excluding hydrogens is 434 g/mol. The maximum Gasteiger partial charge on any atom is 0.349 e. The Morgan fingerprint density at radius 1 is 1.15 bits per heavy atom. The first-order chi connectivity index (χ1) is 16.5. The van der Waals surface area contributed by atoms with Crippen LogP contribution in [0, 0.1) is 0 Å². The molecule has 1 aliphatic rings. The first-order valence-corrected chi connectivity index (χ1v) is 11.5. The fraction of sp³-hybridized carbons (Fsp3) is 0.375. The number of benzene rings is 1. The maximum absolute atomic E-state index is 13.5. The predicted molar refractivity (Wildman–Crippen MR) is 126 cm³/mol. The Morgan fingerprint density at radius 3 is 2.76 bits per heavy atom. The molecule has 1 saturated heterocycles. The summed E-state index contributed by atoms with van der Waals surface area (Å²) in [6, 6.07) is 5.87. The fourth-order valence-corrected chi connectivity index (χ4v) is 4.87. The first-order valence-electron chi connectivity index (χ1n) is 11.5. The number of ether oxygens (including phenoxy) is 1. The lowest BCUT2D eigenvalue weighted by molar-refractivity contribution is -0.00709. The Bertz CT molecular complexity index is 1570. The summed E-state index contributed by atoms with van der Waals surface area (Å²) in [6.07, 6.45) is 7.79. The Kier molecular flexibility index (Phi) is 4.84. The number of fused-ring (bicyclic) bond motifs is 3. The minimum atomic E-state index is -0.291. The molecule has 1 aliphatic heterocycles. The van der Waals surface area contributed by atoms with Crippen LogP contribution in [0.4, 0.5) is 0 Å². The van der Waals surface area contributed by atoms with Gasteiger partial charge in [-0.15, -0.1) is 0 Å². The second-order valence-electron chi connectivity index (χ2n) is 8.80. The molecule has 174 valence electrons. The van der Waals surface area contributed by atoms with E-state index in [4.69, 9.17) is 9.15 Å². The molecule has 10 heteroatoms. The predicted octanol–water partition coefficient (Wildman–Crippen LogP) is 3.47. The van der Waals surface area contributed by atoms with Gasteiger partial charge < -0.3 is 9.15 Å². The molecule has 1 aromatic carbocycles. The van der Waals surface area contributed by atoms with E-state index in [-0.39, 0.29) is 17.8 Å². The lowest BCUT2D eigenvalue weighted by Crippen LogP contribution is -2.34. The number of aromatic nitrogens is 7.